The molecule has 0 aromatic rings. The Hall–Kier alpha value is -0.580. The Morgan fingerprint density at radius 2 is 1.91 bits per heavy atom. The number of hydrogen-bond donors (Lipinski definition) is 5. The van der Waals surface area contributed by atoms with Gasteiger partial charge in [0.15, 0.2) is 6.29 Å². The average Bonchev–Trinajstić information content (AvgIpc) is 3.13. The van der Waals surface area contributed by atoms with Crippen LogP contribution < -0.4 is 0 Å². The van der Waals surface area contributed by atoms with Gasteiger partial charge in [-0.15, -0.1) is 0 Å². The fourth-order valence-corrected chi connectivity index (χ4v) is 3.64. The van der Waals surface area contributed by atoms with E-state index >= 15 is 0 Å². The molecule has 2 saturated heterocycles. The van der Waals surface area contributed by atoms with Gasteiger partial charge in [-0.2, -0.15) is 0 Å². The van der Waals surface area contributed by atoms with Gasteiger partial charge in [0.05, 0.1) is 25.9 Å². The molecule has 3 rings (SSSR count). The summed E-state index contributed by atoms with van der Waals surface area (Å²) in [6, 6.07) is 0. The zero-order valence-electron chi connectivity index (χ0n) is 12.7. The van der Waals surface area contributed by atoms with E-state index in [1.165, 1.54) is 0 Å². The van der Waals surface area contributed by atoms with E-state index in [0.29, 0.717) is 6.61 Å². The summed E-state index contributed by atoms with van der Waals surface area (Å²) in [6.45, 7) is 0.286. The van der Waals surface area contributed by atoms with Crippen molar-refractivity contribution in [3.05, 3.63) is 11.6 Å². The van der Waals surface area contributed by atoms with Gasteiger partial charge in [0.2, 0.25) is 0 Å². The Balaban J connectivity index is 1.62. The van der Waals surface area contributed by atoms with Gasteiger partial charge in [-0.25, -0.2) is 0 Å². The van der Waals surface area contributed by atoms with Gasteiger partial charge in [0.1, 0.15) is 24.4 Å². The molecule has 0 amide bonds. The van der Waals surface area contributed by atoms with Crippen molar-refractivity contribution in [3.8, 4) is 0 Å². The highest BCUT2D eigenvalue weighted by atomic mass is 16.7. The van der Waals surface area contributed by atoms with Gasteiger partial charge in [-0.3, -0.25) is 0 Å². The normalized spacial score (nSPS) is 46.7. The van der Waals surface area contributed by atoms with Gasteiger partial charge in [0.25, 0.3) is 0 Å². The Morgan fingerprint density at radius 1 is 1.13 bits per heavy atom. The summed E-state index contributed by atoms with van der Waals surface area (Å²) in [4.78, 5) is 0. The van der Waals surface area contributed by atoms with Crippen LogP contribution in [0.2, 0.25) is 0 Å². The van der Waals surface area contributed by atoms with Crippen molar-refractivity contribution in [2.45, 2.75) is 43.2 Å². The summed E-state index contributed by atoms with van der Waals surface area (Å²) in [5.74, 6) is 0.182. The van der Waals surface area contributed by atoms with Crippen LogP contribution >= 0.6 is 0 Å². The molecule has 5 N–H and O–H groups in total. The molecule has 0 aromatic heterocycles. The third-order valence-electron chi connectivity index (χ3n) is 5.03. The molecule has 1 aliphatic carbocycles. The first-order valence-corrected chi connectivity index (χ1v) is 7.92. The highest BCUT2D eigenvalue weighted by molar-refractivity contribution is 5.21. The highest BCUT2D eigenvalue weighted by Crippen LogP contribution is 2.40. The van der Waals surface area contributed by atoms with Crippen LogP contribution in [0.25, 0.3) is 0 Å². The smallest absolute Gasteiger partial charge is 0.186 e. The molecule has 2 heterocycles. The first-order valence-electron chi connectivity index (χ1n) is 7.92. The van der Waals surface area contributed by atoms with E-state index in [1.807, 2.05) is 6.08 Å². The molecule has 132 valence electrons. The predicted octanol–water partition coefficient (Wildman–Crippen LogP) is -2.24. The quantitative estimate of drug-likeness (QED) is 0.357. The molecular formula is C15H24O8. The van der Waals surface area contributed by atoms with E-state index in [9.17, 15) is 25.5 Å². The van der Waals surface area contributed by atoms with Crippen LogP contribution in [-0.2, 0) is 14.2 Å². The molecule has 8 unspecified atom stereocenters. The van der Waals surface area contributed by atoms with Crippen LogP contribution in [0, 0.1) is 11.8 Å². The lowest BCUT2D eigenvalue weighted by Gasteiger charge is -2.40. The molecule has 8 heteroatoms. The van der Waals surface area contributed by atoms with Crippen LogP contribution in [0.1, 0.15) is 6.42 Å². The Kier molecular flexibility index (Phi) is 5.34. The van der Waals surface area contributed by atoms with Crippen molar-refractivity contribution in [1.29, 1.82) is 0 Å². The molecule has 0 spiro atoms. The van der Waals surface area contributed by atoms with E-state index in [1.54, 1.807) is 0 Å². The topological polar surface area (TPSA) is 129 Å². The first-order chi connectivity index (χ1) is 11.1. The van der Waals surface area contributed by atoms with Crippen molar-refractivity contribution in [2.24, 2.45) is 11.8 Å². The first kappa shape index (κ1) is 17.2. The van der Waals surface area contributed by atoms with Crippen LogP contribution in [0.3, 0.4) is 0 Å². The summed E-state index contributed by atoms with van der Waals surface area (Å²) in [5, 5.41) is 48.1. The lowest BCUT2D eigenvalue weighted by Crippen LogP contribution is -2.59. The SMILES string of the molecule is OCC1=CC2OCCC2C1COC1OC(CO)C(O)C(O)C1O. The van der Waals surface area contributed by atoms with Gasteiger partial charge in [-0.1, -0.05) is 6.08 Å². The molecule has 8 nitrogen and oxygen atoms in total. The van der Waals surface area contributed by atoms with E-state index in [4.69, 9.17) is 14.2 Å². The number of hydrogen-bond acceptors (Lipinski definition) is 8. The van der Waals surface area contributed by atoms with E-state index in [-0.39, 0.29) is 31.2 Å². The summed E-state index contributed by atoms with van der Waals surface area (Å²) in [7, 11) is 0. The van der Waals surface area contributed by atoms with Gasteiger partial charge in [0, 0.05) is 12.5 Å². The summed E-state index contributed by atoms with van der Waals surface area (Å²) >= 11 is 0. The summed E-state index contributed by atoms with van der Waals surface area (Å²) in [5.41, 5.74) is 0.837. The Bertz CT molecular complexity index is 439. The van der Waals surface area contributed by atoms with Crippen LogP contribution in [-0.4, -0.2) is 88.8 Å². The number of rotatable bonds is 5. The fraction of sp³-hybridized carbons (Fsp3) is 0.867. The number of aliphatic hydroxyl groups is 5. The van der Waals surface area contributed by atoms with E-state index < -0.39 is 37.3 Å². The van der Waals surface area contributed by atoms with Crippen molar-refractivity contribution in [2.75, 3.05) is 26.4 Å². The molecule has 0 radical (unpaired) electrons. The van der Waals surface area contributed by atoms with Crippen molar-refractivity contribution < 1.29 is 39.7 Å². The largest absolute Gasteiger partial charge is 0.394 e. The van der Waals surface area contributed by atoms with Gasteiger partial charge in [-0.05, 0) is 17.9 Å². The van der Waals surface area contributed by atoms with Gasteiger partial charge >= 0.3 is 0 Å². The van der Waals surface area contributed by atoms with E-state index in [2.05, 4.69) is 0 Å². The fourth-order valence-electron chi connectivity index (χ4n) is 3.64. The number of ether oxygens (including phenoxy) is 3. The van der Waals surface area contributed by atoms with Crippen molar-refractivity contribution in [1.82, 2.24) is 0 Å². The molecule has 0 saturated carbocycles. The summed E-state index contributed by atoms with van der Waals surface area (Å²) < 4.78 is 16.5. The second kappa shape index (κ2) is 7.12. The highest BCUT2D eigenvalue weighted by Gasteiger charge is 2.46. The molecule has 8 atom stereocenters. The monoisotopic (exact) mass is 332 g/mol. The molecular weight excluding hydrogens is 308 g/mol. The molecule has 3 aliphatic rings. The molecule has 2 fully saturated rings. The second-order valence-electron chi connectivity index (χ2n) is 6.32. The molecule has 23 heavy (non-hydrogen) atoms. The molecule has 0 bridgehead atoms. The molecule has 2 aliphatic heterocycles. The lowest BCUT2D eigenvalue weighted by atomic mass is 9.89. The molecule has 0 aromatic carbocycles. The Labute approximate surface area is 133 Å². The minimum absolute atomic E-state index is 0.0134. The van der Waals surface area contributed by atoms with Gasteiger partial charge < -0.3 is 39.7 Å². The number of aliphatic hydroxyl groups excluding tert-OH is 5. The lowest BCUT2D eigenvalue weighted by molar-refractivity contribution is -0.303. The van der Waals surface area contributed by atoms with Crippen molar-refractivity contribution in [3.63, 3.8) is 0 Å². The van der Waals surface area contributed by atoms with Crippen LogP contribution in [0.5, 0.6) is 0 Å². The van der Waals surface area contributed by atoms with Crippen molar-refractivity contribution >= 4 is 0 Å². The standard InChI is InChI=1S/C15H24O8/c16-4-7-3-10-8(1-2-21-10)9(7)6-22-15-14(20)13(19)12(18)11(5-17)23-15/h3,8-20H,1-2,4-6H2. The maximum absolute atomic E-state index is 9.98. The van der Waals surface area contributed by atoms with Crippen LogP contribution in [0.15, 0.2) is 11.6 Å². The van der Waals surface area contributed by atoms with E-state index in [0.717, 1.165) is 12.0 Å². The third kappa shape index (κ3) is 3.18. The second-order valence-corrected chi connectivity index (χ2v) is 6.32. The predicted molar refractivity (Wildman–Crippen MR) is 76.2 cm³/mol. The minimum atomic E-state index is -1.45. The average molecular weight is 332 g/mol. The maximum atomic E-state index is 9.98. The zero-order valence-corrected chi connectivity index (χ0v) is 12.7. The zero-order chi connectivity index (χ0) is 16.6. The maximum Gasteiger partial charge on any atom is 0.186 e. The Morgan fingerprint density at radius 3 is 2.61 bits per heavy atom. The summed E-state index contributed by atoms with van der Waals surface area (Å²) in [6.07, 6.45) is -3.63. The van der Waals surface area contributed by atoms with Crippen LogP contribution in [0.4, 0.5) is 0 Å². The minimum Gasteiger partial charge on any atom is -0.394 e. The third-order valence-corrected chi connectivity index (χ3v) is 5.03. The number of fused-ring (bicyclic) bond motifs is 1.